The SMILES string of the molecule is CCC(C)c1ccc(S(=O)(=O)Nc2cc(S(=O)(=O)N(C)C)ccc2N(C)C)cc1. The molecule has 2 aromatic carbocycles. The van der Waals surface area contributed by atoms with Gasteiger partial charge in [-0.15, -0.1) is 0 Å². The van der Waals surface area contributed by atoms with Crippen LogP contribution in [0.3, 0.4) is 0 Å². The first-order chi connectivity index (χ1) is 13.4. The summed E-state index contributed by atoms with van der Waals surface area (Å²) in [7, 11) is -1.21. The lowest BCUT2D eigenvalue weighted by Gasteiger charge is -2.20. The molecule has 1 N–H and O–H groups in total. The molecule has 0 saturated heterocycles. The van der Waals surface area contributed by atoms with Gasteiger partial charge in [0.05, 0.1) is 21.2 Å². The minimum Gasteiger partial charge on any atom is -0.376 e. The van der Waals surface area contributed by atoms with E-state index in [2.05, 4.69) is 18.6 Å². The van der Waals surface area contributed by atoms with Crippen LogP contribution >= 0.6 is 0 Å². The second-order valence-corrected chi connectivity index (χ2v) is 11.2. The molecule has 0 amide bonds. The Morgan fingerprint density at radius 1 is 0.897 bits per heavy atom. The summed E-state index contributed by atoms with van der Waals surface area (Å²) in [5.74, 6) is 0.341. The van der Waals surface area contributed by atoms with Gasteiger partial charge in [0.1, 0.15) is 0 Å². The minimum absolute atomic E-state index is 0.0120. The summed E-state index contributed by atoms with van der Waals surface area (Å²) >= 11 is 0. The van der Waals surface area contributed by atoms with Gasteiger partial charge < -0.3 is 4.90 Å². The zero-order valence-corrected chi connectivity index (χ0v) is 19.3. The zero-order chi connectivity index (χ0) is 22.0. The van der Waals surface area contributed by atoms with Crippen LogP contribution in [0.5, 0.6) is 0 Å². The molecule has 9 heteroatoms. The molecule has 29 heavy (non-hydrogen) atoms. The Morgan fingerprint density at radius 2 is 1.45 bits per heavy atom. The lowest BCUT2D eigenvalue weighted by molar-refractivity contribution is 0.521. The van der Waals surface area contributed by atoms with Gasteiger partial charge in [-0.25, -0.2) is 21.1 Å². The fraction of sp³-hybridized carbons (Fsp3) is 0.400. The number of benzene rings is 2. The molecule has 2 aromatic rings. The molecule has 0 aliphatic rings. The summed E-state index contributed by atoms with van der Waals surface area (Å²) < 4.78 is 54.4. The van der Waals surface area contributed by atoms with E-state index in [9.17, 15) is 16.8 Å². The lowest BCUT2D eigenvalue weighted by Crippen LogP contribution is -2.23. The summed E-state index contributed by atoms with van der Waals surface area (Å²) in [6.45, 7) is 4.16. The predicted molar refractivity (Wildman–Crippen MR) is 118 cm³/mol. The van der Waals surface area contributed by atoms with Crippen molar-refractivity contribution in [1.82, 2.24) is 4.31 Å². The smallest absolute Gasteiger partial charge is 0.261 e. The van der Waals surface area contributed by atoms with Crippen molar-refractivity contribution in [2.75, 3.05) is 37.8 Å². The van der Waals surface area contributed by atoms with E-state index in [4.69, 9.17) is 0 Å². The second-order valence-electron chi connectivity index (χ2n) is 7.34. The molecule has 0 aromatic heterocycles. The molecule has 1 atom stereocenters. The molecule has 0 bridgehead atoms. The molecule has 0 spiro atoms. The Bertz CT molecular complexity index is 1060. The van der Waals surface area contributed by atoms with E-state index < -0.39 is 20.0 Å². The van der Waals surface area contributed by atoms with Crippen molar-refractivity contribution in [3.8, 4) is 0 Å². The molecule has 160 valence electrons. The maximum absolute atomic E-state index is 12.9. The van der Waals surface area contributed by atoms with Gasteiger partial charge in [0.15, 0.2) is 0 Å². The van der Waals surface area contributed by atoms with Crippen molar-refractivity contribution in [2.45, 2.75) is 36.0 Å². The van der Waals surface area contributed by atoms with Crippen LogP contribution in [0.1, 0.15) is 31.7 Å². The average molecular weight is 440 g/mol. The Kier molecular flexibility index (Phi) is 6.97. The highest BCUT2D eigenvalue weighted by Gasteiger charge is 2.22. The van der Waals surface area contributed by atoms with Gasteiger partial charge in [-0.1, -0.05) is 26.0 Å². The molecule has 0 aliphatic carbocycles. The molecular weight excluding hydrogens is 410 g/mol. The van der Waals surface area contributed by atoms with E-state index in [-0.39, 0.29) is 15.5 Å². The Hall–Kier alpha value is -2.10. The zero-order valence-electron chi connectivity index (χ0n) is 17.7. The molecular formula is C20H29N3O4S2. The Labute approximate surface area is 174 Å². The van der Waals surface area contributed by atoms with Crippen LogP contribution in [0, 0.1) is 0 Å². The first-order valence-corrected chi connectivity index (χ1v) is 12.2. The van der Waals surface area contributed by atoms with Gasteiger partial charge in [-0.05, 0) is 48.2 Å². The highest BCUT2D eigenvalue weighted by Crippen LogP contribution is 2.31. The van der Waals surface area contributed by atoms with Crippen LogP contribution in [0.25, 0.3) is 0 Å². The number of hydrogen-bond acceptors (Lipinski definition) is 5. The Balaban J connectivity index is 2.48. The van der Waals surface area contributed by atoms with E-state index in [0.717, 1.165) is 16.3 Å². The van der Waals surface area contributed by atoms with Crippen molar-refractivity contribution < 1.29 is 16.8 Å². The third kappa shape index (κ3) is 5.09. The third-order valence-electron chi connectivity index (χ3n) is 4.84. The summed E-state index contributed by atoms with van der Waals surface area (Å²) in [5, 5.41) is 0. The summed E-state index contributed by atoms with van der Waals surface area (Å²) in [5.41, 5.74) is 1.82. The van der Waals surface area contributed by atoms with Crippen molar-refractivity contribution in [3.05, 3.63) is 48.0 Å². The molecule has 0 radical (unpaired) electrons. The molecule has 0 saturated carbocycles. The molecule has 0 fully saturated rings. The largest absolute Gasteiger partial charge is 0.376 e. The summed E-state index contributed by atoms with van der Waals surface area (Å²) in [6.07, 6.45) is 0.962. The monoisotopic (exact) mass is 439 g/mol. The third-order valence-corrected chi connectivity index (χ3v) is 8.04. The van der Waals surface area contributed by atoms with E-state index in [1.165, 1.54) is 26.2 Å². The van der Waals surface area contributed by atoms with Crippen molar-refractivity contribution >= 4 is 31.4 Å². The van der Waals surface area contributed by atoms with Crippen LogP contribution in [-0.2, 0) is 20.0 Å². The highest BCUT2D eigenvalue weighted by atomic mass is 32.2. The van der Waals surface area contributed by atoms with Gasteiger partial charge in [-0.3, -0.25) is 4.72 Å². The summed E-state index contributed by atoms with van der Waals surface area (Å²) in [6, 6.07) is 11.1. The first-order valence-electron chi connectivity index (χ1n) is 9.26. The van der Waals surface area contributed by atoms with Gasteiger partial charge in [0.25, 0.3) is 10.0 Å². The fourth-order valence-corrected chi connectivity index (χ4v) is 4.77. The van der Waals surface area contributed by atoms with Crippen LogP contribution in [0.2, 0.25) is 0 Å². The van der Waals surface area contributed by atoms with E-state index in [0.29, 0.717) is 11.6 Å². The van der Waals surface area contributed by atoms with E-state index in [1.54, 1.807) is 37.2 Å². The number of rotatable bonds is 8. The topological polar surface area (TPSA) is 86.8 Å². The lowest BCUT2D eigenvalue weighted by atomic mass is 9.99. The number of anilines is 2. The van der Waals surface area contributed by atoms with Crippen LogP contribution < -0.4 is 9.62 Å². The van der Waals surface area contributed by atoms with Crippen molar-refractivity contribution in [1.29, 1.82) is 0 Å². The van der Waals surface area contributed by atoms with Gasteiger partial charge >= 0.3 is 0 Å². The molecule has 7 nitrogen and oxygen atoms in total. The van der Waals surface area contributed by atoms with Gasteiger partial charge in [0, 0.05) is 28.2 Å². The second kappa shape index (κ2) is 8.73. The molecule has 1 unspecified atom stereocenters. The first kappa shape index (κ1) is 23.2. The van der Waals surface area contributed by atoms with Crippen LogP contribution in [0.15, 0.2) is 52.3 Å². The fourth-order valence-electron chi connectivity index (χ4n) is 2.77. The number of nitrogens with zero attached hydrogens (tertiary/aromatic N) is 2. The van der Waals surface area contributed by atoms with Crippen molar-refractivity contribution in [2.24, 2.45) is 0 Å². The maximum Gasteiger partial charge on any atom is 0.261 e. The average Bonchev–Trinajstić information content (AvgIpc) is 2.66. The highest BCUT2D eigenvalue weighted by molar-refractivity contribution is 7.92. The van der Waals surface area contributed by atoms with Gasteiger partial charge in [-0.2, -0.15) is 0 Å². The number of nitrogens with one attached hydrogen (secondary N) is 1. The normalized spacial score (nSPS) is 13.3. The number of sulfonamides is 2. The molecule has 2 rings (SSSR count). The van der Waals surface area contributed by atoms with Gasteiger partial charge in [0.2, 0.25) is 10.0 Å². The maximum atomic E-state index is 12.9. The minimum atomic E-state index is -3.89. The molecule has 0 aliphatic heterocycles. The standard InChI is InChI=1S/C20H29N3O4S2/c1-7-15(2)16-8-10-17(11-9-16)28(24,25)21-19-14-18(29(26,27)23(5)6)12-13-20(19)22(3)4/h8-15,21H,7H2,1-6H3. The van der Waals surface area contributed by atoms with E-state index in [1.807, 2.05) is 12.1 Å². The van der Waals surface area contributed by atoms with E-state index >= 15 is 0 Å². The summed E-state index contributed by atoms with van der Waals surface area (Å²) in [4.78, 5) is 1.85. The van der Waals surface area contributed by atoms with Crippen molar-refractivity contribution in [3.63, 3.8) is 0 Å². The number of hydrogen-bond donors (Lipinski definition) is 1. The quantitative estimate of drug-likeness (QED) is 0.682. The predicted octanol–water partition coefficient (Wildman–Crippen LogP) is 3.32. The Morgan fingerprint density at radius 3 is 1.93 bits per heavy atom. The van der Waals surface area contributed by atoms with Crippen LogP contribution in [-0.4, -0.2) is 49.3 Å². The van der Waals surface area contributed by atoms with Crippen LogP contribution in [0.4, 0.5) is 11.4 Å². The molecule has 0 heterocycles.